The molecule has 1 unspecified atom stereocenters. The van der Waals surface area contributed by atoms with Crippen LogP contribution in [-0.2, 0) is 9.84 Å². The number of carbonyl (C=O) groups excluding carboxylic acids is 1. The zero-order valence-corrected chi connectivity index (χ0v) is 19.1. The lowest BCUT2D eigenvalue weighted by molar-refractivity contribution is 0.0917. The average molecular weight is 457 g/mol. The van der Waals surface area contributed by atoms with Crippen molar-refractivity contribution in [2.45, 2.75) is 18.9 Å². The van der Waals surface area contributed by atoms with Crippen molar-refractivity contribution >= 4 is 26.6 Å². The molecule has 3 aromatic carbocycles. The molecular formula is C27H24N2O3S. The van der Waals surface area contributed by atoms with Gasteiger partial charge in [0.15, 0.2) is 9.84 Å². The van der Waals surface area contributed by atoms with Gasteiger partial charge in [-0.05, 0) is 36.6 Å². The quantitative estimate of drug-likeness (QED) is 0.475. The van der Waals surface area contributed by atoms with E-state index in [9.17, 15) is 13.2 Å². The van der Waals surface area contributed by atoms with E-state index in [1.165, 1.54) is 0 Å². The van der Waals surface area contributed by atoms with Gasteiger partial charge in [0.25, 0.3) is 5.91 Å². The molecule has 0 spiro atoms. The van der Waals surface area contributed by atoms with Crippen LogP contribution in [0.3, 0.4) is 0 Å². The van der Waals surface area contributed by atoms with Crippen molar-refractivity contribution in [3.8, 4) is 22.4 Å². The SMILES string of the molecule is CC1(NC(=O)c2cc(-c3ccc(-c4ccccc4)cc3)nc3ccccc23)CCS(=O)(=O)C1. The van der Waals surface area contributed by atoms with Crippen molar-refractivity contribution in [2.75, 3.05) is 11.5 Å². The Kier molecular flexibility index (Phi) is 5.25. The van der Waals surface area contributed by atoms with Gasteiger partial charge in [0, 0.05) is 10.9 Å². The molecule has 5 nitrogen and oxygen atoms in total. The predicted molar refractivity (Wildman–Crippen MR) is 132 cm³/mol. The predicted octanol–water partition coefficient (Wildman–Crippen LogP) is 4.88. The molecule has 1 aromatic heterocycles. The Morgan fingerprint density at radius 1 is 0.879 bits per heavy atom. The number of nitrogens with one attached hydrogen (secondary N) is 1. The maximum Gasteiger partial charge on any atom is 0.252 e. The number of aromatic nitrogens is 1. The van der Waals surface area contributed by atoms with Crippen molar-refractivity contribution in [3.05, 3.63) is 90.5 Å². The molecule has 4 aromatic rings. The number of fused-ring (bicyclic) bond motifs is 1. The van der Waals surface area contributed by atoms with Gasteiger partial charge in [-0.15, -0.1) is 0 Å². The van der Waals surface area contributed by atoms with Crippen LogP contribution >= 0.6 is 0 Å². The fraction of sp³-hybridized carbons (Fsp3) is 0.185. The molecule has 0 radical (unpaired) electrons. The van der Waals surface area contributed by atoms with Gasteiger partial charge in [0.05, 0.1) is 33.8 Å². The molecule has 0 saturated carbocycles. The summed E-state index contributed by atoms with van der Waals surface area (Å²) < 4.78 is 24.0. The Labute approximate surface area is 193 Å². The smallest absolute Gasteiger partial charge is 0.252 e. The third-order valence-electron chi connectivity index (χ3n) is 6.17. The van der Waals surface area contributed by atoms with Crippen molar-refractivity contribution < 1.29 is 13.2 Å². The van der Waals surface area contributed by atoms with Crippen LogP contribution in [0.25, 0.3) is 33.3 Å². The number of nitrogens with zero attached hydrogens (tertiary/aromatic N) is 1. The third-order valence-corrected chi connectivity index (χ3v) is 8.07. The molecule has 2 heterocycles. The largest absolute Gasteiger partial charge is 0.346 e. The molecule has 0 aliphatic carbocycles. The summed E-state index contributed by atoms with van der Waals surface area (Å²) >= 11 is 0. The van der Waals surface area contributed by atoms with E-state index in [0.717, 1.165) is 27.6 Å². The van der Waals surface area contributed by atoms with Crippen LogP contribution in [-0.4, -0.2) is 36.4 Å². The van der Waals surface area contributed by atoms with Crippen LogP contribution in [0, 0.1) is 0 Å². The van der Waals surface area contributed by atoms with Crippen molar-refractivity contribution in [3.63, 3.8) is 0 Å². The minimum absolute atomic E-state index is 0.0391. The summed E-state index contributed by atoms with van der Waals surface area (Å²) in [4.78, 5) is 18.1. The second-order valence-electron chi connectivity index (χ2n) is 8.87. The first-order valence-electron chi connectivity index (χ1n) is 10.9. The monoisotopic (exact) mass is 456 g/mol. The fourth-order valence-corrected chi connectivity index (χ4v) is 6.52. The number of benzene rings is 3. The van der Waals surface area contributed by atoms with E-state index in [0.29, 0.717) is 17.7 Å². The molecule has 1 fully saturated rings. The first-order chi connectivity index (χ1) is 15.8. The van der Waals surface area contributed by atoms with Crippen LogP contribution in [0.4, 0.5) is 0 Å². The van der Waals surface area contributed by atoms with E-state index in [1.54, 1.807) is 13.0 Å². The van der Waals surface area contributed by atoms with Crippen LogP contribution in [0.1, 0.15) is 23.7 Å². The first-order valence-corrected chi connectivity index (χ1v) is 12.7. The van der Waals surface area contributed by atoms with E-state index in [1.807, 2.05) is 66.7 Å². The normalized spacial score (nSPS) is 19.4. The van der Waals surface area contributed by atoms with Crippen LogP contribution < -0.4 is 5.32 Å². The maximum atomic E-state index is 13.3. The lowest BCUT2D eigenvalue weighted by atomic mass is 9.98. The summed E-state index contributed by atoms with van der Waals surface area (Å²) in [6.45, 7) is 1.79. The number of hydrogen-bond acceptors (Lipinski definition) is 4. The molecular weight excluding hydrogens is 432 g/mol. The molecule has 6 heteroatoms. The Morgan fingerprint density at radius 3 is 2.21 bits per heavy atom. The molecule has 1 aliphatic rings. The molecule has 0 bridgehead atoms. The van der Waals surface area contributed by atoms with Gasteiger partial charge < -0.3 is 5.32 Å². The van der Waals surface area contributed by atoms with E-state index in [-0.39, 0.29) is 17.4 Å². The molecule has 1 amide bonds. The number of para-hydroxylation sites is 1. The molecule has 33 heavy (non-hydrogen) atoms. The van der Waals surface area contributed by atoms with Crippen LogP contribution in [0.2, 0.25) is 0 Å². The summed E-state index contributed by atoms with van der Waals surface area (Å²) in [5, 5.41) is 3.72. The number of carbonyl (C=O) groups is 1. The minimum atomic E-state index is -3.13. The van der Waals surface area contributed by atoms with Gasteiger partial charge in [-0.25, -0.2) is 13.4 Å². The van der Waals surface area contributed by atoms with Crippen molar-refractivity contribution in [1.29, 1.82) is 0 Å². The molecule has 5 rings (SSSR count). The van der Waals surface area contributed by atoms with Gasteiger partial charge in [-0.3, -0.25) is 4.79 Å². The Bertz CT molecular complexity index is 1450. The van der Waals surface area contributed by atoms with Gasteiger partial charge in [-0.2, -0.15) is 0 Å². The average Bonchev–Trinajstić information content (AvgIpc) is 3.11. The Balaban J connectivity index is 1.52. The summed E-state index contributed by atoms with van der Waals surface area (Å²) in [7, 11) is -3.13. The molecule has 1 aliphatic heterocycles. The summed E-state index contributed by atoms with van der Waals surface area (Å²) in [5.41, 5.74) is 4.29. The third kappa shape index (κ3) is 4.39. The highest BCUT2D eigenvalue weighted by atomic mass is 32.2. The highest BCUT2D eigenvalue weighted by Crippen LogP contribution is 2.29. The summed E-state index contributed by atoms with van der Waals surface area (Å²) in [5.74, 6) is -0.224. The van der Waals surface area contributed by atoms with Gasteiger partial charge in [0.2, 0.25) is 0 Å². The van der Waals surface area contributed by atoms with Gasteiger partial charge in [-0.1, -0.05) is 72.8 Å². The summed E-state index contributed by atoms with van der Waals surface area (Å²) in [6, 6.07) is 27.6. The first kappa shape index (κ1) is 21.3. The van der Waals surface area contributed by atoms with E-state index in [4.69, 9.17) is 4.98 Å². The lowest BCUT2D eigenvalue weighted by Crippen LogP contribution is -2.47. The zero-order chi connectivity index (χ0) is 23.1. The number of rotatable bonds is 4. The van der Waals surface area contributed by atoms with Gasteiger partial charge >= 0.3 is 0 Å². The van der Waals surface area contributed by atoms with E-state index in [2.05, 4.69) is 17.4 Å². The molecule has 166 valence electrons. The fourth-order valence-electron chi connectivity index (χ4n) is 4.43. The van der Waals surface area contributed by atoms with Crippen LogP contribution in [0.5, 0.6) is 0 Å². The molecule has 1 atom stereocenters. The molecule has 1 N–H and O–H groups in total. The number of hydrogen-bond donors (Lipinski definition) is 1. The lowest BCUT2D eigenvalue weighted by Gasteiger charge is -2.24. The van der Waals surface area contributed by atoms with E-state index < -0.39 is 15.4 Å². The van der Waals surface area contributed by atoms with Crippen LogP contribution in [0.15, 0.2) is 84.9 Å². The number of sulfone groups is 1. The summed E-state index contributed by atoms with van der Waals surface area (Å²) in [6.07, 6.45) is 0.415. The number of pyridine rings is 1. The molecule has 1 saturated heterocycles. The second-order valence-corrected chi connectivity index (χ2v) is 11.1. The van der Waals surface area contributed by atoms with Gasteiger partial charge in [0.1, 0.15) is 0 Å². The topological polar surface area (TPSA) is 76.1 Å². The highest BCUT2D eigenvalue weighted by molar-refractivity contribution is 7.91. The highest BCUT2D eigenvalue weighted by Gasteiger charge is 2.39. The zero-order valence-electron chi connectivity index (χ0n) is 18.3. The number of amides is 1. The second kappa shape index (κ2) is 8.12. The Hall–Kier alpha value is -3.51. The maximum absolute atomic E-state index is 13.3. The van der Waals surface area contributed by atoms with E-state index >= 15 is 0 Å². The minimum Gasteiger partial charge on any atom is -0.346 e. The van der Waals surface area contributed by atoms with Crippen molar-refractivity contribution in [1.82, 2.24) is 10.3 Å². The Morgan fingerprint density at radius 2 is 1.52 bits per heavy atom. The standard InChI is InChI=1S/C27H24N2O3S/c1-27(15-16-33(31,32)18-27)29-26(30)23-17-25(28-24-10-6-5-9-22(23)24)21-13-11-20(12-14-21)19-7-3-2-4-8-19/h2-14,17H,15-16,18H2,1H3,(H,29,30). The van der Waals surface area contributed by atoms with Crippen molar-refractivity contribution in [2.24, 2.45) is 0 Å².